The molecule has 8 rings (SSSR count). The van der Waals surface area contributed by atoms with Gasteiger partial charge in [0.05, 0.1) is 21.2 Å². The first-order chi connectivity index (χ1) is 28.6. The third-order valence-corrected chi connectivity index (χ3v) is 16.0. The minimum absolute atomic E-state index is 0.000811. The molecule has 10 nitrogen and oxygen atoms in total. The maximum absolute atomic E-state index is 13.5. The molecule has 6 aromatic rings. The summed E-state index contributed by atoms with van der Waals surface area (Å²) in [5, 5.41) is 5.58. The molecule has 0 N–H and O–H groups in total. The first-order valence-corrected chi connectivity index (χ1v) is 23.7. The van der Waals surface area contributed by atoms with Crippen molar-refractivity contribution in [3.8, 4) is 0 Å². The maximum atomic E-state index is 13.5. The summed E-state index contributed by atoms with van der Waals surface area (Å²) in [5.74, 6) is -2.91. The van der Waals surface area contributed by atoms with Crippen LogP contribution in [0.1, 0.15) is 33.6 Å². The normalized spacial score (nSPS) is 15.5. The molecule has 2 aromatic heterocycles. The minimum atomic E-state index is -3.75. The van der Waals surface area contributed by atoms with Crippen LogP contribution in [0, 0.1) is 37.1 Å². The lowest BCUT2D eigenvalue weighted by atomic mass is 10.0. The van der Waals surface area contributed by atoms with Crippen LogP contribution in [-0.4, -0.2) is 87.8 Å². The second-order valence-corrected chi connectivity index (χ2v) is 20.0. The van der Waals surface area contributed by atoms with E-state index in [9.17, 15) is 34.4 Å². The van der Waals surface area contributed by atoms with Crippen molar-refractivity contribution in [2.45, 2.75) is 36.5 Å². The minimum Gasteiger partial charge on any atom is -0.345 e. The Morgan fingerprint density at radius 1 is 0.533 bits per heavy atom. The summed E-state index contributed by atoms with van der Waals surface area (Å²) in [6, 6.07) is 20.4. The van der Waals surface area contributed by atoms with Crippen molar-refractivity contribution >= 4 is 53.0 Å². The predicted octanol–water partition coefficient (Wildman–Crippen LogP) is 7.66. The molecule has 0 bridgehead atoms. The fraction of sp³-hybridized carbons (Fsp3) is 0.286. The first kappa shape index (κ1) is 43.4. The topological polar surface area (TPSA) is 107 Å². The first-order valence-electron chi connectivity index (χ1n) is 19.1. The molecule has 0 spiro atoms. The highest BCUT2D eigenvalue weighted by molar-refractivity contribution is 7.89. The third-order valence-electron chi connectivity index (χ3n) is 10.3. The lowest BCUT2D eigenvalue weighted by Crippen LogP contribution is -2.48. The summed E-state index contributed by atoms with van der Waals surface area (Å²) in [4.78, 5) is 13.4. The molecular formula is C42H42F4N6O4S4. The molecule has 316 valence electrons. The van der Waals surface area contributed by atoms with Gasteiger partial charge in [-0.25, -0.2) is 44.4 Å². The number of hydrogen-bond acceptors (Lipinski definition) is 10. The van der Waals surface area contributed by atoms with Gasteiger partial charge in [0, 0.05) is 76.0 Å². The summed E-state index contributed by atoms with van der Waals surface area (Å²) in [6.45, 7) is 7.47. The van der Waals surface area contributed by atoms with Crippen LogP contribution in [0.15, 0.2) is 105 Å². The quantitative estimate of drug-likeness (QED) is 0.129. The standard InChI is InChI=1S/C22H24FN3O2S2.C20H18F3N3O2S2/c1-16-6-7-18(12-17(16)2)13-20-15-29-22(24-20)25-8-10-26(11-9-25)30(27,28)21-5-3-4-19(23)14-21;21-15-2-1-3-17(12-15)30(27,28)26-8-6-25(7-9-26)20-24-16(13-29-20)10-14-4-5-18(22)19(23)11-14/h3-7,12,14-15H,8-11,13H2,1-2H3;1-5,11-13H,6-10H2. The van der Waals surface area contributed by atoms with Gasteiger partial charge in [0.25, 0.3) is 0 Å². The van der Waals surface area contributed by atoms with Crippen molar-refractivity contribution in [2.24, 2.45) is 0 Å². The van der Waals surface area contributed by atoms with E-state index in [1.54, 1.807) is 11.3 Å². The highest BCUT2D eigenvalue weighted by atomic mass is 32.2. The smallest absolute Gasteiger partial charge is 0.243 e. The number of thiazole rings is 2. The van der Waals surface area contributed by atoms with Crippen molar-refractivity contribution < 1.29 is 34.4 Å². The lowest BCUT2D eigenvalue weighted by Gasteiger charge is -2.33. The van der Waals surface area contributed by atoms with E-state index in [1.165, 1.54) is 79.1 Å². The van der Waals surface area contributed by atoms with Crippen LogP contribution in [0.3, 0.4) is 0 Å². The SMILES string of the molecule is Cc1ccc(Cc2csc(N3CCN(S(=O)(=O)c4cccc(F)c4)CC3)n2)cc1C.O=S(=O)(c1cccc(F)c1)N1CCN(c2nc(Cc3ccc(F)c(F)c3)cs2)CC1. The average molecular weight is 899 g/mol. The molecule has 2 aliphatic rings. The van der Waals surface area contributed by atoms with Gasteiger partial charge in [0.15, 0.2) is 21.9 Å². The number of rotatable bonds is 10. The Balaban J connectivity index is 0.000000181. The van der Waals surface area contributed by atoms with E-state index in [0.717, 1.165) is 52.3 Å². The highest BCUT2D eigenvalue weighted by Gasteiger charge is 2.31. The monoisotopic (exact) mass is 898 g/mol. The van der Waals surface area contributed by atoms with E-state index in [1.807, 2.05) is 10.3 Å². The molecule has 0 unspecified atom stereocenters. The fourth-order valence-electron chi connectivity index (χ4n) is 6.82. The summed E-state index contributed by atoms with van der Waals surface area (Å²) < 4.78 is 107. The Kier molecular flexibility index (Phi) is 13.4. The second kappa shape index (κ2) is 18.5. The Hall–Kier alpha value is -4.72. The van der Waals surface area contributed by atoms with Crippen molar-refractivity contribution in [3.63, 3.8) is 0 Å². The van der Waals surface area contributed by atoms with Crippen molar-refractivity contribution in [3.05, 3.63) is 153 Å². The Labute approximate surface area is 355 Å². The predicted molar refractivity (Wildman–Crippen MR) is 227 cm³/mol. The van der Waals surface area contributed by atoms with Crippen molar-refractivity contribution in [1.29, 1.82) is 0 Å². The zero-order valence-electron chi connectivity index (χ0n) is 32.8. The molecule has 60 heavy (non-hydrogen) atoms. The van der Waals surface area contributed by atoms with E-state index in [2.05, 4.69) is 47.3 Å². The van der Waals surface area contributed by atoms with Crippen molar-refractivity contribution in [1.82, 2.24) is 18.6 Å². The van der Waals surface area contributed by atoms with Gasteiger partial charge < -0.3 is 9.80 Å². The average Bonchev–Trinajstić information content (AvgIpc) is 3.91. The van der Waals surface area contributed by atoms with Gasteiger partial charge in [0.1, 0.15) is 11.6 Å². The zero-order chi connectivity index (χ0) is 42.6. The molecule has 2 saturated heterocycles. The fourth-order valence-corrected chi connectivity index (χ4v) is 11.5. The van der Waals surface area contributed by atoms with Gasteiger partial charge in [-0.2, -0.15) is 8.61 Å². The van der Waals surface area contributed by atoms with Crippen LogP contribution < -0.4 is 9.80 Å². The second-order valence-electron chi connectivity index (χ2n) is 14.5. The number of sulfonamides is 2. The summed E-state index contributed by atoms with van der Waals surface area (Å²) >= 11 is 3.01. The number of nitrogens with zero attached hydrogens (tertiary/aromatic N) is 6. The van der Waals surface area contributed by atoms with Gasteiger partial charge in [-0.15, -0.1) is 22.7 Å². The molecule has 0 saturated carbocycles. The van der Waals surface area contributed by atoms with Crippen LogP contribution in [0.25, 0.3) is 0 Å². The van der Waals surface area contributed by atoms with Crippen LogP contribution >= 0.6 is 22.7 Å². The molecule has 0 aliphatic carbocycles. The van der Waals surface area contributed by atoms with Crippen LogP contribution in [0.2, 0.25) is 0 Å². The maximum Gasteiger partial charge on any atom is 0.243 e. The van der Waals surface area contributed by atoms with Gasteiger partial charge in [0.2, 0.25) is 20.0 Å². The molecule has 4 aromatic carbocycles. The summed E-state index contributed by atoms with van der Waals surface area (Å²) in [6.07, 6.45) is 1.16. The van der Waals surface area contributed by atoms with E-state index in [0.29, 0.717) is 51.3 Å². The van der Waals surface area contributed by atoms with Gasteiger partial charge in [-0.05, 0) is 84.6 Å². The number of hydrogen-bond donors (Lipinski definition) is 0. The van der Waals surface area contributed by atoms with Crippen molar-refractivity contribution in [2.75, 3.05) is 62.2 Å². The number of piperazine rings is 2. The van der Waals surface area contributed by atoms with E-state index >= 15 is 0 Å². The third kappa shape index (κ3) is 10.2. The van der Waals surface area contributed by atoms with Gasteiger partial charge in [-0.3, -0.25) is 0 Å². The van der Waals surface area contributed by atoms with E-state index in [-0.39, 0.29) is 22.9 Å². The van der Waals surface area contributed by atoms with Crippen LogP contribution in [-0.2, 0) is 32.9 Å². The molecule has 0 amide bonds. The summed E-state index contributed by atoms with van der Waals surface area (Å²) in [5.41, 5.74) is 6.17. The molecule has 2 fully saturated rings. The van der Waals surface area contributed by atoms with Crippen LogP contribution in [0.4, 0.5) is 27.8 Å². The number of halogens is 4. The molecule has 18 heteroatoms. The van der Waals surface area contributed by atoms with Gasteiger partial charge in [-0.1, -0.05) is 36.4 Å². The molecule has 0 radical (unpaired) electrons. The van der Waals surface area contributed by atoms with E-state index < -0.39 is 43.3 Å². The number of benzene rings is 4. The van der Waals surface area contributed by atoms with E-state index in [4.69, 9.17) is 4.98 Å². The lowest BCUT2D eigenvalue weighted by molar-refractivity contribution is 0.384. The highest BCUT2D eigenvalue weighted by Crippen LogP contribution is 2.28. The van der Waals surface area contributed by atoms with Crippen LogP contribution in [0.5, 0.6) is 0 Å². The number of aromatic nitrogens is 2. The number of anilines is 2. The molecule has 2 aliphatic heterocycles. The Bertz CT molecular complexity index is 2500. The number of aryl methyl sites for hydroxylation is 2. The Morgan fingerprint density at radius 3 is 1.42 bits per heavy atom. The van der Waals surface area contributed by atoms with Gasteiger partial charge >= 0.3 is 0 Å². The molecular weight excluding hydrogens is 857 g/mol. The molecule has 4 heterocycles. The molecule has 0 atom stereocenters. The largest absolute Gasteiger partial charge is 0.345 e. The zero-order valence-corrected chi connectivity index (χ0v) is 36.0. The summed E-state index contributed by atoms with van der Waals surface area (Å²) in [7, 11) is -7.43. The Morgan fingerprint density at radius 2 is 0.983 bits per heavy atom.